The van der Waals surface area contributed by atoms with Crippen LogP contribution in [0.2, 0.25) is 0 Å². The van der Waals surface area contributed by atoms with Crippen molar-refractivity contribution < 1.29 is 5.21 Å². The highest BCUT2D eigenvalue weighted by atomic mass is 16.4. The van der Waals surface area contributed by atoms with Gasteiger partial charge in [-0.25, -0.2) is 0 Å². The lowest BCUT2D eigenvalue weighted by Gasteiger charge is -2.21. The van der Waals surface area contributed by atoms with Crippen LogP contribution in [-0.4, -0.2) is 23.1 Å². The van der Waals surface area contributed by atoms with E-state index in [0.717, 1.165) is 12.1 Å². The van der Waals surface area contributed by atoms with Crippen molar-refractivity contribution in [3.8, 4) is 0 Å². The van der Waals surface area contributed by atoms with Crippen molar-refractivity contribution in [1.29, 1.82) is 0 Å². The largest absolute Gasteiger partial charge is 0.409 e. The maximum atomic E-state index is 8.69. The van der Waals surface area contributed by atoms with Crippen LogP contribution >= 0.6 is 0 Å². The van der Waals surface area contributed by atoms with E-state index in [1.54, 1.807) is 6.20 Å². The molecule has 0 radical (unpaired) electrons. The normalized spacial score (nSPS) is 11.4. The van der Waals surface area contributed by atoms with E-state index >= 15 is 0 Å². The monoisotopic (exact) mass is 270 g/mol. The van der Waals surface area contributed by atoms with E-state index in [1.807, 2.05) is 31.3 Å². The van der Waals surface area contributed by atoms with Crippen LogP contribution in [0.4, 0.5) is 5.69 Å². The molecule has 104 valence electrons. The molecule has 2 aromatic rings. The summed E-state index contributed by atoms with van der Waals surface area (Å²) in [5, 5.41) is 11.7. The standard InChI is InChI=1S/C15H18N4O/c1-11-5-3-4-6-14(11)19(2)10-12-7-8-17-13(9-12)15(16)18-20/h3-9,20H,10H2,1-2H3,(H2,16,18). The Hall–Kier alpha value is -2.56. The Kier molecular flexibility index (Phi) is 4.20. The highest BCUT2D eigenvalue weighted by Gasteiger charge is 2.07. The van der Waals surface area contributed by atoms with Gasteiger partial charge in [0.2, 0.25) is 0 Å². The lowest BCUT2D eigenvalue weighted by Crippen LogP contribution is -2.19. The summed E-state index contributed by atoms with van der Waals surface area (Å²) in [5.74, 6) is 0.0189. The molecule has 0 atom stereocenters. The van der Waals surface area contributed by atoms with Gasteiger partial charge in [0.1, 0.15) is 5.69 Å². The molecule has 0 fully saturated rings. The fourth-order valence-electron chi connectivity index (χ4n) is 2.11. The van der Waals surface area contributed by atoms with Crippen LogP contribution in [0, 0.1) is 6.92 Å². The molecule has 0 aliphatic heterocycles. The molecule has 20 heavy (non-hydrogen) atoms. The number of amidine groups is 1. The van der Waals surface area contributed by atoms with Crippen LogP contribution in [0.25, 0.3) is 0 Å². The average molecular weight is 270 g/mol. The summed E-state index contributed by atoms with van der Waals surface area (Å²) in [6.45, 7) is 2.80. The maximum absolute atomic E-state index is 8.69. The van der Waals surface area contributed by atoms with Crippen molar-refractivity contribution in [3.05, 3.63) is 59.4 Å². The number of hydrogen-bond donors (Lipinski definition) is 2. The van der Waals surface area contributed by atoms with E-state index in [9.17, 15) is 0 Å². The summed E-state index contributed by atoms with van der Waals surface area (Å²) < 4.78 is 0. The Bertz CT molecular complexity index is 625. The number of para-hydroxylation sites is 1. The molecule has 5 nitrogen and oxygen atoms in total. The number of aromatic nitrogens is 1. The number of oxime groups is 1. The molecule has 1 aromatic heterocycles. The van der Waals surface area contributed by atoms with E-state index < -0.39 is 0 Å². The van der Waals surface area contributed by atoms with Crippen LogP contribution in [0.1, 0.15) is 16.8 Å². The van der Waals surface area contributed by atoms with Gasteiger partial charge in [0.15, 0.2) is 5.84 Å². The molecule has 0 aliphatic carbocycles. The first-order valence-corrected chi connectivity index (χ1v) is 6.31. The van der Waals surface area contributed by atoms with Gasteiger partial charge >= 0.3 is 0 Å². The average Bonchev–Trinajstić information content (AvgIpc) is 2.47. The topological polar surface area (TPSA) is 74.7 Å². The molecule has 0 bridgehead atoms. The zero-order valence-corrected chi connectivity index (χ0v) is 11.6. The lowest BCUT2D eigenvalue weighted by atomic mass is 10.1. The molecule has 0 saturated heterocycles. The van der Waals surface area contributed by atoms with E-state index in [1.165, 1.54) is 11.3 Å². The first kappa shape index (κ1) is 13.9. The number of pyridine rings is 1. The van der Waals surface area contributed by atoms with Gasteiger partial charge in [-0.3, -0.25) is 4.98 Å². The second-order valence-corrected chi connectivity index (χ2v) is 4.68. The smallest absolute Gasteiger partial charge is 0.188 e. The highest BCUT2D eigenvalue weighted by Crippen LogP contribution is 2.19. The molecule has 1 aromatic carbocycles. The molecular weight excluding hydrogens is 252 g/mol. The molecule has 1 heterocycles. The third-order valence-corrected chi connectivity index (χ3v) is 3.14. The Morgan fingerprint density at radius 2 is 2.10 bits per heavy atom. The van der Waals surface area contributed by atoms with Crippen LogP contribution in [0.15, 0.2) is 47.8 Å². The molecule has 3 N–H and O–H groups in total. The van der Waals surface area contributed by atoms with Gasteiger partial charge in [-0.1, -0.05) is 23.4 Å². The number of anilines is 1. The summed E-state index contributed by atoms with van der Waals surface area (Å²) in [5.41, 5.74) is 9.48. The predicted octanol–water partition coefficient (Wildman–Crippen LogP) is 2.12. The minimum absolute atomic E-state index is 0.0189. The molecular formula is C15H18N4O. The van der Waals surface area contributed by atoms with E-state index in [-0.39, 0.29) is 5.84 Å². The van der Waals surface area contributed by atoms with Crippen LogP contribution in [0.5, 0.6) is 0 Å². The quantitative estimate of drug-likeness (QED) is 0.386. The Morgan fingerprint density at radius 1 is 1.35 bits per heavy atom. The van der Waals surface area contributed by atoms with Crippen molar-refractivity contribution in [2.75, 3.05) is 11.9 Å². The van der Waals surface area contributed by atoms with Crippen molar-refractivity contribution in [2.45, 2.75) is 13.5 Å². The van der Waals surface area contributed by atoms with Gasteiger partial charge in [-0.2, -0.15) is 0 Å². The second kappa shape index (κ2) is 6.06. The zero-order valence-electron chi connectivity index (χ0n) is 11.6. The molecule has 5 heteroatoms. The third-order valence-electron chi connectivity index (χ3n) is 3.14. The number of benzene rings is 1. The number of hydrogen-bond acceptors (Lipinski definition) is 4. The summed E-state index contributed by atoms with van der Waals surface area (Å²) in [6, 6.07) is 12.0. The van der Waals surface area contributed by atoms with Crippen molar-refractivity contribution in [2.24, 2.45) is 10.9 Å². The maximum Gasteiger partial charge on any atom is 0.188 e. The van der Waals surface area contributed by atoms with Gasteiger partial charge in [0.25, 0.3) is 0 Å². The first-order chi connectivity index (χ1) is 9.61. The minimum atomic E-state index is 0.0189. The van der Waals surface area contributed by atoms with E-state index in [0.29, 0.717) is 5.69 Å². The second-order valence-electron chi connectivity index (χ2n) is 4.68. The van der Waals surface area contributed by atoms with Crippen molar-refractivity contribution >= 4 is 11.5 Å². The number of nitrogens with two attached hydrogens (primary N) is 1. The van der Waals surface area contributed by atoms with Crippen LogP contribution in [0.3, 0.4) is 0 Å². The van der Waals surface area contributed by atoms with Gasteiger partial charge in [0, 0.05) is 25.5 Å². The highest BCUT2D eigenvalue weighted by molar-refractivity contribution is 5.95. The van der Waals surface area contributed by atoms with Gasteiger partial charge in [-0.15, -0.1) is 0 Å². The predicted molar refractivity (Wildman–Crippen MR) is 80.0 cm³/mol. The molecule has 0 spiro atoms. The summed E-state index contributed by atoms with van der Waals surface area (Å²) in [7, 11) is 2.03. The fourth-order valence-corrected chi connectivity index (χ4v) is 2.11. The minimum Gasteiger partial charge on any atom is -0.409 e. The van der Waals surface area contributed by atoms with E-state index in [4.69, 9.17) is 10.9 Å². The summed E-state index contributed by atoms with van der Waals surface area (Å²) >= 11 is 0. The summed E-state index contributed by atoms with van der Waals surface area (Å²) in [6.07, 6.45) is 1.66. The van der Waals surface area contributed by atoms with Crippen LogP contribution < -0.4 is 10.6 Å². The molecule has 0 saturated carbocycles. The molecule has 0 unspecified atom stereocenters. The summed E-state index contributed by atoms with van der Waals surface area (Å²) in [4.78, 5) is 6.23. The molecule has 2 rings (SSSR count). The van der Waals surface area contributed by atoms with Gasteiger partial charge in [-0.05, 0) is 36.2 Å². The fraction of sp³-hybridized carbons (Fsp3) is 0.200. The Labute approximate surface area is 118 Å². The molecule has 0 amide bonds. The number of rotatable bonds is 4. The van der Waals surface area contributed by atoms with Crippen molar-refractivity contribution in [3.63, 3.8) is 0 Å². The van der Waals surface area contributed by atoms with Crippen LogP contribution in [-0.2, 0) is 6.54 Å². The van der Waals surface area contributed by atoms with Gasteiger partial charge in [0.05, 0.1) is 0 Å². The Morgan fingerprint density at radius 3 is 2.80 bits per heavy atom. The van der Waals surface area contributed by atoms with Gasteiger partial charge < -0.3 is 15.8 Å². The van der Waals surface area contributed by atoms with Crippen molar-refractivity contribution in [1.82, 2.24) is 4.98 Å². The first-order valence-electron chi connectivity index (χ1n) is 6.31. The SMILES string of the molecule is Cc1ccccc1N(C)Cc1ccnc(C(N)=NO)c1. The van der Waals surface area contributed by atoms with E-state index in [2.05, 4.69) is 34.1 Å². The number of nitrogens with zero attached hydrogens (tertiary/aromatic N) is 3. The third kappa shape index (κ3) is 3.06. The molecule has 0 aliphatic rings. The zero-order chi connectivity index (χ0) is 14.5. The Balaban J connectivity index is 2.20. The number of aryl methyl sites for hydroxylation is 1. The lowest BCUT2D eigenvalue weighted by molar-refractivity contribution is 0.318.